The molecule has 0 aliphatic heterocycles. The van der Waals surface area contributed by atoms with Gasteiger partial charge in [-0.15, -0.1) is 0 Å². The number of Topliss-reactive ketones (excluding diaryl/α,β-unsaturated/α-hetero) is 1. The number of rotatable bonds is 6. The highest BCUT2D eigenvalue weighted by Gasteiger charge is 2.28. The normalized spacial score (nSPS) is 20.1. The number of hydrogen-bond donors (Lipinski definition) is 3. The Balaban J connectivity index is 1.64. The molecule has 0 amide bonds. The molecule has 0 saturated heterocycles. The number of nitrogens with zero attached hydrogens (tertiary/aromatic N) is 1. The van der Waals surface area contributed by atoms with E-state index in [9.17, 15) is 9.90 Å². The molecule has 1 fully saturated rings. The Labute approximate surface area is 157 Å². The Morgan fingerprint density at radius 3 is 2.81 bits per heavy atom. The zero-order chi connectivity index (χ0) is 18.5. The third-order valence-electron chi connectivity index (χ3n) is 5.07. The fraction of sp³-hybridized carbons (Fsp3) is 0.500. The van der Waals surface area contributed by atoms with Crippen molar-refractivity contribution in [2.75, 3.05) is 18.5 Å². The molecule has 1 saturated carbocycles. The van der Waals surface area contributed by atoms with Gasteiger partial charge in [-0.05, 0) is 56.4 Å². The Morgan fingerprint density at radius 1 is 1.35 bits per heavy atom. The predicted molar refractivity (Wildman–Crippen MR) is 106 cm³/mol. The smallest absolute Gasteiger partial charge is 0.208 e. The van der Waals surface area contributed by atoms with E-state index in [4.69, 9.17) is 0 Å². The van der Waals surface area contributed by atoms with Crippen LogP contribution in [-0.4, -0.2) is 34.6 Å². The Bertz CT molecular complexity index is 896. The summed E-state index contributed by atoms with van der Waals surface area (Å²) >= 11 is 1.52. The van der Waals surface area contributed by atoms with Crippen LogP contribution in [0.25, 0.3) is 10.2 Å². The first-order valence-electron chi connectivity index (χ1n) is 9.20. The van der Waals surface area contributed by atoms with Gasteiger partial charge in [0.05, 0.1) is 28.1 Å². The minimum absolute atomic E-state index is 0.0227. The molecule has 138 valence electrons. The van der Waals surface area contributed by atoms with Gasteiger partial charge in [-0.25, -0.2) is 4.98 Å². The topological polar surface area (TPSA) is 74.2 Å². The van der Waals surface area contributed by atoms with Crippen molar-refractivity contribution < 1.29 is 9.90 Å². The number of aliphatic hydroxyl groups is 1. The van der Waals surface area contributed by atoms with E-state index in [2.05, 4.69) is 22.5 Å². The number of benzene rings is 1. The van der Waals surface area contributed by atoms with E-state index < -0.39 is 5.54 Å². The summed E-state index contributed by atoms with van der Waals surface area (Å²) in [5.74, 6) is 0.993. The summed E-state index contributed by atoms with van der Waals surface area (Å²) in [6.07, 6.45) is 4.57. The second-order valence-corrected chi connectivity index (χ2v) is 9.15. The third-order valence-corrected chi connectivity index (χ3v) is 6.01. The Hall–Kier alpha value is -1.92. The molecule has 26 heavy (non-hydrogen) atoms. The van der Waals surface area contributed by atoms with E-state index >= 15 is 0 Å². The van der Waals surface area contributed by atoms with Crippen molar-refractivity contribution in [3.63, 3.8) is 0 Å². The number of ketones is 1. The summed E-state index contributed by atoms with van der Waals surface area (Å²) < 4.78 is 0.990. The fourth-order valence-electron chi connectivity index (χ4n) is 3.22. The largest absolute Gasteiger partial charge is 0.394 e. The number of aromatic nitrogens is 1. The van der Waals surface area contributed by atoms with Crippen LogP contribution in [0.2, 0.25) is 0 Å². The molecule has 1 atom stereocenters. The van der Waals surface area contributed by atoms with Crippen LogP contribution in [0.4, 0.5) is 5.13 Å². The standard InChI is InChI=1S/C20H25N3O2S/c1-11-6-16(21-9-12-4-5-12)18(25)14-8-17-15(7-13(11)14)22-19(26-17)23-20(2,3)10-24/h6-8,11-12,21,24H,4-5,9-10H2,1-3H3,(H,22,23). The molecule has 2 aliphatic rings. The molecular weight excluding hydrogens is 346 g/mol. The summed E-state index contributed by atoms with van der Waals surface area (Å²) in [7, 11) is 0. The lowest BCUT2D eigenvalue weighted by Crippen LogP contribution is -2.34. The second-order valence-electron chi connectivity index (χ2n) is 8.12. The number of fused-ring (bicyclic) bond motifs is 2. The monoisotopic (exact) mass is 371 g/mol. The van der Waals surface area contributed by atoms with Crippen LogP contribution >= 0.6 is 11.3 Å². The maximum Gasteiger partial charge on any atom is 0.208 e. The molecule has 2 aliphatic carbocycles. The van der Waals surface area contributed by atoms with Crippen molar-refractivity contribution in [3.05, 3.63) is 35.0 Å². The van der Waals surface area contributed by atoms with Gasteiger partial charge >= 0.3 is 0 Å². The lowest BCUT2D eigenvalue weighted by Gasteiger charge is -2.22. The van der Waals surface area contributed by atoms with Crippen molar-refractivity contribution in [1.82, 2.24) is 10.3 Å². The molecule has 0 radical (unpaired) electrons. The number of hydrogen-bond acceptors (Lipinski definition) is 6. The van der Waals surface area contributed by atoms with E-state index in [-0.39, 0.29) is 18.3 Å². The number of thiazole rings is 1. The quantitative estimate of drug-likeness (QED) is 0.723. The highest BCUT2D eigenvalue weighted by Crippen LogP contribution is 2.36. The molecule has 1 unspecified atom stereocenters. The minimum Gasteiger partial charge on any atom is -0.394 e. The molecule has 3 N–H and O–H groups in total. The van der Waals surface area contributed by atoms with Crippen molar-refractivity contribution in [3.8, 4) is 0 Å². The summed E-state index contributed by atoms with van der Waals surface area (Å²) in [4.78, 5) is 17.6. The van der Waals surface area contributed by atoms with Crippen molar-refractivity contribution >= 4 is 32.5 Å². The first-order chi connectivity index (χ1) is 12.4. The van der Waals surface area contributed by atoms with Crippen LogP contribution in [0.1, 0.15) is 55.5 Å². The summed E-state index contributed by atoms with van der Waals surface area (Å²) in [5, 5.41) is 16.8. The molecule has 6 heteroatoms. The zero-order valence-corrected chi connectivity index (χ0v) is 16.2. The van der Waals surface area contributed by atoms with Gasteiger partial charge in [0.2, 0.25) is 5.78 Å². The highest BCUT2D eigenvalue weighted by atomic mass is 32.1. The van der Waals surface area contributed by atoms with Crippen LogP contribution < -0.4 is 10.6 Å². The van der Waals surface area contributed by atoms with Crippen molar-refractivity contribution in [2.24, 2.45) is 5.92 Å². The van der Waals surface area contributed by atoms with E-state index in [1.54, 1.807) is 0 Å². The van der Waals surface area contributed by atoms with Crippen LogP contribution in [0.5, 0.6) is 0 Å². The number of anilines is 1. The Kier molecular flexibility index (Phi) is 4.28. The van der Waals surface area contributed by atoms with Gasteiger partial charge < -0.3 is 15.7 Å². The summed E-state index contributed by atoms with van der Waals surface area (Å²) in [5.41, 5.74) is 3.02. The minimum atomic E-state index is -0.432. The summed E-state index contributed by atoms with van der Waals surface area (Å²) in [6, 6.07) is 4.01. The second kappa shape index (κ2) is 6.35. The van der Waals surface area contributed by atoms with E-state index in [1.165, 1.54) is 24.2 Å². The predicted octanol–water partition coefficient (Wildman–Crippen LogP) is 3.66. The molecule has 4 rings (SSSR count). The molecular formula is C20H25N3O2S. The molecule has 5 nitrogen and oxygen atoms in total. The first kappa shape index (κ1) is 17.5. The molecule has 1 aromatic carbocycles. The first-order valence-corrected chi connectivity index (χ1v) is 10.0. The van der Waals surface area contributed by atoms with E-state index in [1.807, 2.05) is 32.1 Å². The fourth-order valence-corrected chi connectivity index (χ4v) is 4.29. The van der Waals surface area contributed by atoms with Gasteiger partial charge in [0, 0.05) is 18.0 Å². The molecule has 2 aromatic rings. The number of carbonyl (C=O) groups is 1. The average molecular weight is 372 g/mol. The number of carbonyl (C=O) groups excluding carboxylic acids is 1. The lowest BCUT2D eigenvalue weighted by atomic mass is 9.86. The van der Waals surface area contributed by atoms with Crippen molar-refractivity contribution in [2.45, 2.75) is 45.1 Å². The third kappa shape index (κ3) is 3.35. The average Bonchev–Trinajstić information content (AvgIpc) is 3.34. The van der Waals surface area contributed by atoms with Crippen molar-refractivity contribution in [1.29, 1.82) is 0 Å². The van der Waals surface area contributed by atoms with Gasteiger partial charge in [-0.1, -0.05) is 18.3 Å². The Morgan fingerprint density at radius 2 is 2.12 bits per heavy atom. The molecule has 0 bridgehead atoms. The van der Waals surface area contributed by atoms with E-state index in [0.717, 1.165) is 44.6 Å². The molecule has 1 aromatic heterocycles. The molecule has 1 heterocycles. The number of nitrogens with one attached hydrogen (secondary N) is 2. The molecule has 0 spiro atoms. The number of allylic oxidation sites excluding steroid dienone is 2. The SMILES string of the molecule is CC1C=C(NCC2CC2)C(=O)c2cc3sc(NC(C)(C)CO)nc3cc21. The van der Waals surface area contributed by atoms with Crippen LogP contribution in [0, 0.1) is 5.92 Å². The van der Waals surface area contributed by atoms with Gasteiger partial charge in [0.1, 0.15) is 0 Å². The van der Waals surface area contributed by atoms with Gasteiger partial charge in [-0.2, -0.15) is 0 Å². The summed E-state index contributed by atoms with van der Waals surface area (Å²) in [6.45, 7) is 6.90. The van der Waals surface area contributed by atoms with Gasteiger partial charge in [0.15, 0.2) is 5.13 Å². The number of aliphatic hydroxyl groups excluding tert-OH is 1. The zero-order valence-electron chi connectivity index (χ0n) is 15.4. The van der Waals surface area contributed by atoms with Gasteiger partial charge in [-0.3, -0.25) is 4.79 Å². The highest BCUT2D eigenvalue weighted by molar-refractivity contribution is 7.22. The van der Waals surface area contributed by atoms with Crippen LogP contribution in [-0.2, 0) is 0 Å². The maximum atomic E-state index is 12.9. The van der Waals surface area contributed by atoms with E-state index in [0.29, 0.717) is 0 Å². The van der Waals surface area contributed by atoms with Crippen LogP contribution in [0.15, 0.2) is 23.9 Å². The van der Waals surface area contributed by atoms with Gasteiger partial charge in [0.25, 0.3) is 0 Å². The lowest BCUT2D eigenvalue weighted by molar-refractivity contribution is 0.102. The maximum absolute atomic E-state index is 12.9. The van der Waals surface area contributed by atoms with Crippen LogP contribution in [0.3, 0.4) is 0 Å².